The lowest BCUT2D eigenvalue weighted by molar-refractivity contribution is -0.153. The minimum Gasteiger partial charge on any atom is -0.481 e. The van der Waals surface area contributed by atoms with Gasteiger partial charge in [-0.15, -0.1) is 0 Å². The Hall–Kier alpha value is -1.15. The second-order valence-electron chi connectivity index (χ2n) is 4.64. The van der Waals surface area contributed by atoms with E-state index in [-0.39, 0.29) is 5.75 Å². The smallest absolute Gasteiger partial charge is 0.325 e. The summed E-state index contributed by atoms with van der Waals surface area (Å²) in [7, 11) is -2.68. The Bertz CT molecular complexity index is 432. The summed E-state index contributed by atoms with van der Waals surface area (Å²) in [4.78, 5) is 21.9. The molecule has 0 fully saturated rings. The highest BCUT2D eigenvalue weighted by Gasteiger charge is 2.45. The molecule has 0 aromatic carbocycles. The molecule has 0 aliphatic heterocycles. The normalized spacial score (nSPS) is 15.2. The third-order valence-corrected chi connectivity index (χ3v) is 5.12. The van der Waals surface area contributed by atoms with E-state index in [1.807, 2.05) is 6.92 Å². The van der Waals surface area contributed by atoms with Gasteiger partial charge in [0.2, 0.25) is 10.0 Å². The number of likely N-dealkylation sites (N-methyl/N-ethyl adjacent to an activating group) is 1. The summed E-state index contributed by atoms with van der Waals surface area (Å²) >= 11 is 0. The highest BCUT2D eigenvalue weighted by atomic mass is 32.2. The van der Waals surface area contributed by atoms with Gasteiger partial charge in [0.1, 0.15) is 5.54 Å². The number of hydrogen-bond donors (Lipinski definition) is 2. The van der Waals surface area contributed by atoms with Gasteiger partial charge < -0.3 is 10.2 Å². The number of carbonyl (C=O) groups is 2. The Morgan fingerprint density at radius 1 is 1.21 bits per heavy atom. The molecule has 0 aromatic rings. The van der Waals surface area contributed by atoms with E-state index in [4.69, 9.17) is 10.2 Å². The Kier molecular flexibility index (Phi) is 6.44. The van der Waals surface area contributed by atoms with Crippen molar-refractivity contribution in [2.45, 2.75) is 45.1 Å². The molecular weight excluding hydrogens is 274 g/mol. The fourth-order valence-electron chi connectivity index (χ4n) is 1.59. The fraction of sp³-hybridized carbons (Fsp3) is 0.818. The number of carboxylic acid groups (broad SMARTS) is 2. The van der Waals surface area contributed by atoms with Crippen LogP contribution in [0.25, 0.3) is 0 Å². The van der Waals surface area contributed by atoms with Gasteiger partial charge >= 0.3 is 11.9 Å². The summed E-state index contributed by atoms with van der Waals surface area (Å²) < 4.78 is 24.7. The SMILES string of the molecule is CCCCCS(=O)(=O)N(C)[C@@](C)(CC(=O)O)C(=O)O. The Morgan fingerprint density at radius 2 is 1.74 bits per heavy atom. The van der Waals surface area contributed by atoms with Crippen molar-refractivity contribution in [2.24, 2.45) is 0 Å². The second kappa shape index (κ2) is 6.85. The molecule has 0 radical (unpaired) electrons. The molecule has 1 atom stereocenters. The van der Waals surface area contributed by atoms with E-state index in [0.717, 1.165) is 26.8 Å². The van der Waals surface area contributed by atoms with E-state index in [9.17, 15) is 18.0 Å². The topological polar surface area (TPSA) is 112 Å². The van der Waals surface area contributed by atoms with Gasteiger partial charge in [-0.2, -0.15) is 4.31 Å². The van der Waals surface area contributed by atoms with Crippen LogP contribution in [0.2, 0.25) is 0 Å². The zero-order chi connectivity index (χ0) is 15.3. The molecule has 112 valence electrons. The van der Waals surface area contributed by atoms with Gasteiger partial charge in [-0.25, -0.2) is 8.42 Å². The van der Waals surface area contributed by atoms with Crippen molar-refractivity contribution < 1.29 is 28.2 Å². The van der Waals surface area contributed by atoms with Crippen molar-refractivity contribution in [3.05, 3.63) is 0 Å². The number of unbranched alkanes of at least 4 members (excludes halogenated alkanes) is 2. The van der Waals surface area contributed by atoms with Gasteiger partial charge in [0, 0.05) is 7.05 Å². The van der Waals surface area contributed by atoms with Crippen molar-refractivity contribution in [3.8, 4) is 0 Å². The molecule has 0 aliphatic carbocycles. The molecule has 0 unspecified atom stereocenters. The van der Waals surface area contributed by atoms with E-state index in [1.54, 1.807) is 0 Å². The van der Waals surface area contributed by atoms with Crippen molar-refractivity contribution in [2.75, 3.05) is 12.8 Å². The molecule has 0 saturated heterocycles. The van der Waals surface area contributed by atoms with Crippen LogP contribution >= 0.6 is 0 Å². The quantitative estimate of drug-likeness (QED) is 0.607. The van der Waals surface area contributed by atoms with Crippen LogP contribution in [-0.2, 0) is 19.6 Å². The van der Waals surface area contributed by atoms with Crippen LogP contribution in [0.5, 0.6) is 0 Å². The molecule has 0 spiro atoms. The van der Waals surface area contributed by atoms with Crippen LogP contribution in [0, 0.1) is 0 Å². The number of nitrogens with zero attached hydrogens (tertiary/aromatic N) is 1. The van der Waals surface area contributed by atoms with Crippen molar-refractivity contribution in [3.63, 3.8) is 0 Å². The van der Waals surface area contributed by atoms with E-state index < -0.39 is 33.9 Å². The van der Waals surface area contributed by atoms with Crippen molar-refractivity contribution in [1.82, 2.24) is 4.31 Å². The van der Waals surface area contributed by atoms with Gasteiger partial charge in [-0.05, 0) is 13.3 Å². The van der Waals surface area contributed by atoms with Crippen LogP contribution in [0.1, 0.15) is 39.5 Å². The average Bonchev–Trinajstić information content (AvgIpc) is 2.26. The van der Waals surface area contributed by atoms with Crippen LogP contribution in [0.15, 0.2) is 0 Å². The molecular formula is C11H21NO6S. The molecule has 0 saturated carbocycles. The largest absolute Gasteiger partial charge is 0.481 e. The van der Waals surface area contributed by atoms with Crippen LogP contribution < -0.4 is 0 Å². The summed E-state index contributed by atoms with van der Waals surface area (Å²) in [5.41, 5.74) is -1.98. The van der Waals surface area contributed by atoms with E-state index in [2.05, 4.69) is 0 Å². The third-order valence-electron chi connectivity index (χ3n) is 3.07. The molecule has 0 heterocycles. The maximum atomic E-state index is 12.0. The van der Waals surface area contributed by atoms with Crippen LogP contribution in [-0.4, -0.2) is 53.2 Å². The zero-order valence-electron chi connectivity index (χ0n) is 11.4. The van der Waals surface area contributed by atoms with E-state index in [1.165, 1.54) is 0 Å². The molecule has 0 aliphatic rings. The maximum Gasteiger partial charge on any atom is 0.325 e. The number of rotatable bonds is 9. The first-order valence-corrected chi connectivity index (χ1v) is 7.60. The minimum atomic E-state index is -3.79. The first-order valence-electron chi connectivity index (χ1n) is 6.00. The Labute approximate surface area is 113 Å². The van der Waals surface area contributed by atoms with Crippen LogP contribution in [0.3, 0.4) is 0 Å². The summed E-state index contributed by atoms with van der Waals surface area (Å²) in [5, 5.41) is 17.9. The molecule has 7 nitrogen and oxygen atoms in total. The first kappa shape index (κ1) is 17.8. The Morgan fingerprint density at radius 3 is 2.11 bits per heavy atom. The van der Waals surface area contributed by atoms with Gasteiger partial charge in [0.15, 0.2) is 0 Å². The maximum absolute atomic E-state index is 12.0. The minimum absolute atomic E-state index is 0.181. The van der Waals surface area contributed by atoms with Gasteiger partial charge in [-0.3, -0.25) is 9.59 Å². The lowest BCUT2D eigenvalue weighted by Gasteiger charge is -2.32. The molecule has 19 heavy (non-hydrogen) atoms. The van der Waals surface area contributed by atoms with Crippen molar-refractivity contribution >= 4 is 22.0 Å². The lowest BCUT2D eigenvalue weighted by atomic mass is 9.99. The third kappa shape index (κ3) is 4.79. The highest BCUT2D eigenvalue weighted by molar-refractivity contribution is 7.89. The average molecular weight is 295 g/mol. The standard InChI is InChI=1S/C11H21NO6S/c1-4-5-6-7-19(17,18)12(3)11(2,10(15)16)8-9(13)14/h4-8H2,1-3H3,(H,13,14)(H,15,16)/t11-/m0/s1. The lowest BCUT2D eigenvalue weighted by Crippen LogP contribution is -2.54. The number of sulfonamides is 1. The summed E-state index contributed by atoms with van der Waals surface area (Å²) in [6.45, 7) is 3.02. The predicted molar refractivity (Wildman–Crippen MR) is 69.4 cm³/mol. The summed E-state index contributed by atoms with van der Waals surface area (Å²) in [5.74, 6) is -3.02. The number of hydrogen-bond acceptors (Lipinski definition) is 4. The molecule has 0 amide bonds. The molecule has 0 bridgehead atoms. The zero-order valence-corrected chi connectivity index (χ0v) is 12.2. The molecule has 2 N–H and O–H groups in total. The van der Waals surface area contributed by atoms with Gasteiger partial charge in [0.05, 0.1) is 12.2 Å². The fourth-order valence-corrected chi connectivity index (χ4v) is 3.19. The van der Waals surface area contributed by atoms with E-state index >= 15 is 0 Å². The number of aliphatic carboxylic acids is 2. The number of carboxylic acids is 2. The van der Waals surface area contributed by atoms with Crippen molar-refractivity contribution in [1.29, 1.82) is 0 Å². The first-order chi connectivity index (χ1) is 8.58. The summed E-state index contributed by atoms with van der Waals surface area (Å²) in [6.07, 6.45) is 1.19. The monoisotopic (exact) mass is 295 g/mol. The molecule has 0 aromatic heterocycles. The predicted octanol–water partition coefficient (Wildman–Crippen LogP) is 0.756. The highest BCUT2D eigenvalue weighted by Crippen LogP contribution is 2.23. The molecule has 8 heteroatoms. The Balaban J connectivity index is 5.14. The van der Waals surface area contributed by atoms with Gasteiger partial charge in [-0.1, -0.05) is 19.8 Å². The van der Waals surface area contributed by atoms with Crippen LogP contribution in [0.4, 0.5) is 0 Å². The molecule has 0 rings (SSSR count). The van der Waals surface area contributed by atoms with Gasteiger partial charge in [0.25, 0.3) is 0 Å². The second-order valence-corrected chi connectivity index (χ2v) is 6.76. The summed E-state index contributed by atoms with van der Waals surface area (Å²) in [6, 6.07) is 0. The van der Waals surface area contributed by atoms with E-state index in [0.29, 0.717) is 10.7 Å².